The van der Waals surface area contributed by atoms with Crippen LogP contribution in [-0.2, 0) is 0 Å². The van der Waals surface area contributed by atoms with Crippen molar-refractivity contribution in [2.75, 3.05) is 0 Å². The molecular weight excluding hydrogens is 242 g/mol. The first-order valence-electron chi connectivity index (χ1n) is 5.36. The molecule has 7 heteroatoms. The van der Waals surface area contributed by atoms with E-state index in [0.29, 0.717) is 11.2 Å². The fourth-order valence-corrected chi connectivity index (χ4v) is 1.42. The van der Waals surface area contributed by atoms with Gasteiger partial charge in [-0.1, -0.05) is 0 Å². The second kappa shape index (κ2) is 4.32. The number of fused-ring (bicyclic) bond motifs is 1. The third-order valence-corrected chi connectivity index (χ3v) is 2.66. The molecule has 0 aliphatic rings. The van der Waals surface area contributed by atoms with E-state index in [2.05, 4.69) is 20.3 Å². The topological polar surface area (TPSA) is 70.7 Å². The lowest BCUT2D eigenvalue weighted by Gasteiger charge is -2.20. The molecule has 1 atom stereocenters. The predicted octanol–water partition coefficient (Wildman–Crippen LogP) is 1.73. The Morgan fingerprint density at radius 2 is 2.11 bits per heavy atom. The molecule has 18 heavy (non-hydrogen) atoms. The van der Waals surface area contributed by atoms with Crippen LogP contribution in [0.25, 0.3) is 11.2 Å². The van der Waals surface area contributed by atoms with E-state index in [-0.39, 0.29) is 5.56 Å². The Morgan fingerprint density at radius 1 is 1.44 bits per heavy atom. The van der Waals surface area contributed by atoms with Gasteiger partial charge in [0.05, 0.1) is 11.6 Å². The van der Waals surface area contributed by atoms with E-state index < -0.39 is 17.9 Å². The van der Waals surface area contributed by atoms with E-state index in [4.69, 9.17) is 0 Å². The van der Waals surface area contributed by atoms with Crippen LogP contribution >= 0.6 is 0 Å². The van der Waals surface area contributed by atoms with Crippen LogP contribution in [0.15, 0.2) is 18.6 Å². The van der Waals surface area contributed by atoms with Crippen molar-refractivity contribution in [3.8, 4) is 0 Å². The van der Waals surface area contributed by atoms with E-state index in [1.165, 1.54) is 25.5 Å². The number of rotatable bonds is 3. The summed E-state index contributed by atoms with van der Waals surface area (Å²) in [4.78, 5) is 22.6. The van der Waals surface area contributed by atoms with Gasteiger partial charge in [0.25, 0.3) is 11.8 Å². The molecule has 0 radical (unpaired) electrons. The lowest BCUT2D eigenvalue weighted by atomic mass is 10.2. The zero-order valence-electron chi connectivity index (χ0n) is 9.87. The number of alkyl halides is 2. The number of H-pyrrole nitrogens is 1. The van der Waals surface area contributed by atoms with E-state index in [9.17, 15) is 13.6 Å². The largest absolute Gasteiger partial charge is 0.344 e. The van der Waals surface area contributed by atoms with Gasteiger partial charge in [0.1, 0.15) is 5.52 Å². The molecule has 0 saturated heterocycles. The molecule has 2 aromatic heterocycles. The number of halogens is 2. The Balaban J connectivity index is 2.24. The van der Waals surface area contributed by atoms with Gasteiger partial charge in [0, 0.05) is 25.5 Å². The number of aromatic amines is 1. The number of hydrogen-bond acceptors (Lipinski definition) is 3. The third-order valence-electron chi connectivity index (χ3n) is 2.66. The maximum Gasteiger partial charge on any atom is 0.264 e. The number of nitrogens with zero attached hydrogens (tertiary/aromatic N) is 2. The van der Waals surface area contributed by atoms with E-state index >= 15 is 0 Å². The normalized spacial score (nSPS) is 13.6. The molecule has 0 aliphatic carbocycles. The number of carbonyl (C=O) groups is 1. The number of amides is 1. The summed E-state index contributed by atoms with van der Waals surface area (Å²) in [6.45, 7) is 2.01. The molecule has 2 rings (SSSR count). The van der Waals surface area contributed by atoms with Gasteiger partial charge >= 0.3 is 0 Å². The maximum absolute atomic E-state index is 13.0. The molecule has 0 saturated carbocycles. The van der Waals surface area contributed by atoms with Gasteiger partial charge in [-0.2, -0.15) is 0 Å². The van der Waals surface area contributed by atoms with Crippen LogP contribution in [0, 0.1) is 0 Å². The summed E-state index contributed by atoms with van der Waals surface area (Å²) >= 11 is 0. The van der Waals surface area contributed by atoms with Crippen molar-refractivity contribution >= 4 is 17.1 Å². The third kappa shape index (κ3) is 2.29. The Bertz CT molecular complexity index is 576. The van der Waals surface area contributed by atoms with Crippen molar-refractivity contribution in [1.29, 1.82) is 0 Å². The lowest BCUT2D eigenvalue weighted by Crippen LogP contribution is -2.43. The van der Waals surface area contributed by atoms with Crippen molar-refractivity contribution in [3.63, 3.8) is 0 Å². The first-order chi connectivity index (χ1) is 8.39. The highest BCUT2D eigenvalue weighted by Crippen LogP contribution is 2.18. The molecule has 0 bridgehead atoms. The Kier molecular flexibility index (Phi) is 2.98. The second-order valence-corrected chi connectivity index (χ2v) is 4.11. The summed E-state index contributed by atoms with van der Waals surface area (Å²) in [6, 6.07) is -1.26. The van der Waals surface area contributed by atoms with Crippen LogP contribution in [0.4, 0.5) is 8.78 Å². The first-order valence-corrected chi connectivity index (χ1v) is 5.36. The Hall–Kier alpha value is -2.05. The zero-order valence-corrected chi connectivity index (χ0v) is 9.87. The average Bonchev–Trinajstić information content (AvgIpc) is 2.71. The number of hydrogen-bond donors (Lipinski definition) is 2. The standard InChI is InChI=1S/C11H12F2N4O/c1-6(11(2,12)13)17-10(18)7-5-16-9-8(7)14-3-4-15-9/h3-6H,1-2H3,(H,15,16)(H,17,18)/t6-/m1/s1. The quantitative estimate of drug-likeness (QED) is 0.876. The summed E-state index contributed by atoms with van der Waals surface area (Å²) in [5.74, 6) is -3.58. The minimum atomic E-state index is -2.98. The van der Waals surface area contributed by atoms with E-state index in [0.717, 1.165) is 6.92 Å². The van der Waals surface area contributed by atoms with Gasteiger partial charge in [-0.3, -0.25) is 9.78 Å². The first kappa shape index (κ1) is 12.4. The minimum absolute atomic E-state index is 0.203. The highest BCUT2D eigenvalue weighted by molar-refractivity contribution is 6.04. The van der Waals surface area contributed by atoms with Crippen molar-refractivity contribution < 1.29 is 13.6 Å². The highest BCUT2D eigenvalue weighted by Gasteiger charge is 2.32. The number of nitrogens with one attached hydrogen (secondary N) is 2. The van der Waals surface area contributed by atoms with Crippen molar-refractivity contribution in [2.45, 2.75) is 25.8 Å². The minimum Gasteiger partial charge on any atom is -0.344 e. The average molecular weight is 254 g/mol. The molecule has 0 fully saturated rings. The van der Waals surface area contributed by atoms with Crippen molar-refractivity contribution in [1.82, 2.24) is 20.3 Å². The van der Waals surface area contributed by atoms with Crippen molar-refractivity contribution in [3.05, 3.63) is 24.2 Å². The molecule has 0 spiro atoms. The van der Waals surface area contributed by atoms with Gasteiger partial charge in [0.15, 0.2) is 5.65 Å². The van der Waals surface area contributed by atoms with Gasteiger partial charge < -0.3 is 10.3 Å². The molecule has 2 aromatic rings. The van der Waals surface area contributed by atoms with Crippen LogP contribution in [0.1, 0.15) is 24.2 Å². The van der Waals surface area contributed by atoms with Crippen LogP contribution in [-0.4, -0.2) is 32.8 Å². The molecule has 96 valence electrons. The second-order valence-electron chi connectivity index (χ2n) is 4.11. The van der Waals surface area contributed by atoms with Crippen LogP contribution in [0.5, 0.6) is 0 Å². The molecule has 1 amide bonds. The molecule has 0 unspecified atom stereocenters. The number of carbonyl (C=O) groups excluding carboxylic acids is 1. The smallest absolute Gasteiger partial charge is 0.264 e. The Labute approximate surface area is 102 Å². The maximum atomic E-state index is 13.0. The van der Waals surface area contributed by atoms with Gasteiger partial charge in [0.2, 0.25) is 0 Å². The molecule has 0 aromatic carbocycles. The van der Waals surface area contributed by atoms with Crippen LogP contribution in [0.2, 0.25) is 0 Å². The number of aromatic nitrogens is 3. The zero-order chi connectivity index (χ0) is 13.3. The molecular formula is C11H12F2N4O. The Morgan fingerprint density at radius 3 is 2.78 bits per heavy atom. The van der Waals surface area contributed by atoms with Crippen LogP contribution in [0.3, 0.4) is 0 Å². The molecule has 2 N–H and O–H groups in total. The molecule has 2 heterocycles. The molecule has 5 nitrogen and oxygen atoms in total. The van der Waals surface area contributed by atoms with Gasteiger partial charge in [-0.05, 0) is 6.92 Å². The summed E-state index contributed by atoms with van der Waals surface area (Å²) in [5.41, 5.74) is 1.01. The predicted molar refractivity (Wildman–Crippen MR) is 61.4 cm³/mol. The lowest BCUT2D eigenvalue weighted by molar-refractivity contribution is -0.0108. The fourth-order valence-electron chi connectivity index (χ4n) is 1.42. The van der Waals surface area contributed by atoms with E-state index in [1.807, 2.05) is 0 Å². The van der Waals surface area contributed by atoms with Crippen molar-refractivity contribution in [2.24, 2.45) is 0 Å². The SMILES string of the molecule is C[C@@H](NC(=O)c1c[nH]c2nccnc12)C(C)(F)F. The van der Waals surface area contributed by atoms with Gasteiger partial charge in [-0.25, -0.2) is 13.8 Å². The highest BCUT2D eigenvalue weighted by atomic mass is 19.3. The summed E-state index contributed by atoms with van der Waals surface area (Å²) in [5, 5.41) is 2.24. The fraction of sp³-hybridized carbons (Fsp3) is 0.364. The monoisotopic (exact) mass is 254 g/mol. The van der Waals surface area contributed by atoms with E-state index in [1.54, 1.807) is 0 Å². The van der Waals surface area contributed by atoms with Gasteiger partial charge in [-0.15, -0.1) is 0 Å². The summed E-state index contributed by atoms with van der Waals surface area (Å²) in [7, 11) is 0. The van der Waals surface area contributed by atoms with Crippen LogP contribution < -0.4 is 5.32 Å². The molecule has 0 aliphatic heterocycles. The summed E-state index contributed by atoms with van der Waals surface area (Å²) in [6.07, 6.45) is 4.31. The summed E-state index contributed by atoms with van der Waals surface area (Å²) < 4.78 is 26.0.